The van der Waals surface area contributed by atoms with Gasteiger partial charge in [-0.05, 0) is 24.3 Å². The number of nitrogens with one attached hydrogen (secondary N) is 1. The van der Waals surface area contributed by atoms with Gasteiger partial charge >= 0.3 is 23.9 Å². The number of ether oxygens (including phenoxy) is 5. The van der Waals surface area contributed by atoms with E-state index in [0.717, 1.165) is 27.7 Å². The van der Waals surface area contributed by atoms with Crippen LogP contribution in [-0.2, 0) is 42.9 Å². The minimum atomic E-state index is -1.46. The molecular formula is C21H24ClNO10. The third kappa shape index (κ3) is 7.72. The lowest BCUT2D eigenvalue weighted by molar-refractivity contribution is -0.270. The monoisotopic (exact) mass is 485 g/mol. The third-order valence-corrected chi connectivity index (χ3v) is 4.64. The first-order valence-electron chi connectivity index (χ1n) is 9.84. The van der Waals surface area contributed by atoms with E-state index in [1.807, 2.05) is 0 Å². The highest BCUT2D eigenvalue weighted by molar-refractivity contribution is 6.30. The van der Waals surface area contributed by atoms with Crippen LogP contribution in [0.4, 0.5) is 0 Å². The van der Waals surface area contributed by atoms with E-state index in [2.05, 4.69) is 5.32 Å². The van der Waals surface area contributed by atoms with Gasteiger partial charge in [-0.2, -0.15) is 0 Å². The Bertz CT molecular complexity index is 903. The molecule has 0 unspecified atom stereocenters. The zero-order chi connectivity index (χ0) is 24.7. The van der Waals surface area contributed by atoms with E-state index >= 15 is 0 Å². The Morgan fingerprint density at radius 2 is 1.39 bits per heavy atom. The lowest BCUT2D eigenvalue weighted by atomic mass is 9.95. The molecule has 0 spiro atoms. The molecule has 0 bridgehead atoms. The highest BCUT2D eigenvalue weighted by Crippen LogP contribution is 2.28. The first kappa shape index (κ1) is 26.1. The average molecular weight is 486 g/mol. The van der Waals surface area contributed by atoms with Crippen molar-refractivity contribution in [3.8, 4) is 0 Å². The van der Waals surface area contributed by atoms with Crippen LogP contribution in [0.1, 0.15) is 38.1 Å². The molecule has 2 rings (SSSR count). The molecule has 1 aromatic carbocycles. The summed E-state index contributed by atoms with van der Waals surface area (Å²) in [5.41, 5.74) is 0.202. The van der Waals surface area contributed by atoms with Gasteiger partial charge in [-0.1, -0.05) is 11.6 Å². The Morgan fingerprint density at radius 1 is 0.848 bits per heavy atom. The van der Waals surface area contributed by atoms with E-state index in [-0.39, 0.29) is 5.56 Å². The summed E-state index contributed by atoms with van der Waals surface area (Å²) in [4.78, 5) is 59.5. The second kappa shape index (κ2) is 11.6. The number of esters is 4. The standard InChI is InChI=1S/C21H24ClNO10/c1-10(24)29-9-16-18(30-11(2)25)19(31-12(3)26)17(21(33-16)32-13(4)27)23-20(28)14-5-7-15(22)8-6-14/h5-8,16-19,21H,9H2,1-4H3,(H,23,28)/t16-,17+,18-,19-,21-/m1/s1. The summed E-state index contributed by atoms with van der Waals surface area (Å²) < 4.78 is 26.5. The van der Waals surface area contributed by atoms with E-state index < -0.39 is 67.0 Å². The molecule has 12 heteroatoms. The lowest BCUT2D eigenvalue weighted by Gasteiger charge is -2.44. The lowest BCUT2D eigenvalue weighted by Crippen LogP contribution is -2.67. The Kier molecular flexibility index (Phi) is 9.18. The van der Waals surface area contributed by atoms with Gasteiger partial charge in [0.1, 0.15) is 18.8 Å². The summed E-state index contributed by atoms with van der Waals surface area (Å²) in [6.07, 6.45) is -5.28. The summed E-state index contributed by atoms with van der Waals surface area (Å²) in [5.74, 6) is -3.55. The fourth-order valence-electron chi connectivity index (χ4n) is 3.16. The number of rotatable bonds is 7. The minimum absolute atomic E-state index is 0.202. The Hall–Kier alpha value is -3.18. The second-order valence-corrected chi connectivity index (χ2v) is 7.55. The minimum Gasteiger partial charge on any atom is -0.463 e. The van der Waals surface area contributed by atoms with E-state index in [4.69, 9.17) is 35.3 Å². The van der Waals surface area contributed by atoms with Crippen LogP contribution in [0, 0.1) is 0 Å². The van der Waals surface area contributed by atoms with Crippen molar-refractivity contribution in [3.05, 3.63) is 34.9 Å². The molecule has 0 radical (unpaired) electrons. The fourth-order valence-corrected chi connectivity index (χ4v) is 3.28. The summed E-state index contributed by atoms with van der Waals surface area (Å²) in [6.45, 7) is 4.10. The molecule has 1 amide bonds. The first-order valence-corrected chi connectivity index (χ1v) is 10.2. The molecule has 0 aliphatic carbocycles. The molecule has 0 saturated carbocycles. The van der Waals surface area contributed by atoms with Crippen LogP contribution in [0.2, 0.25) is 5.02 Å². The van der Waals surface area contributed by atoms with Crippen LogP contribution in [-0.4, -0.2) is 67.0 Å². The van der Waals surface area contributed by atoms with Crippen molar-refractivity contribution in [1.29, 1.82) is 0 Å². The maximum Gasteiger partial charge on any atom is 0.305 e. The number of halogens is 1. The molecule has 1 fully saturated rings. The largest absolute Gasteiger partial charge is 0.463 e. The van der Waals surface area contributed by atoms with Crippen LogP contribution < -0.4 is 5.32 Å². The van der Waals surface area contributed by atoms with Gasteiger partial charge in [0, 0.05) is 38.3 Å². The molecule has 1 N–H and O–H groups in total. The van der Waals surface area contributed by atoms with E-state index in [1.54, 1.807) is 0 Å². The van der Waals surface area contributed by atoms with Crippen LogP contribution in [0.25, 0.3) is 0 Å². The fraction of sp³-hybridized carbons (Fsp3) is 0.476. The van der Waals surface area contributed by atoms with Gasteiger partial charge in [0.25, 0.3) is 5.91 Å². The predicted molar refractivity (Wildman–Crippen MR) is 111 cm³/mol. The van der Waals surface area contributed by atoms with Gasteiger partial charge in [0.05, 0.1) is 0 Å². The molecular weight excluding hydrogens is 462 g/mol. The second-order valence-electron chi connectivity index (χ2n) is 7.11. The average Bonchev–Trinajstić information content (AvgIpc) is 2.70. The molecule has 1 heterocycles. The maximum atomic E-state index is 12.8. The quantitative estimate of drug-likeness (QED) is 0.441. The number of carbonyl (C=O) groups is 5. The third-order valence-electron chi connectivity index (χ3n) is 4.39. The number of amides is 1. The van der Waals surface area contributed by atoms with Gasteiger partial charge < -0.3 is 29.0 Å². The van der Waals surface area contributed by atoms with Crippen LogP contribution in [0.5, 0.6) is 0 Å². The van der Waals surface area contributed by atoms with Crippen molar-refractivity contribution in [3.63, 3.8) is 0 Å². The smallest absolute Gasteiger partial charge is 0.305 e. The molecule has 180 valence electrons. The molecule has 1 aromatic rings. The Balaban J connectivity index is 2.44. The van der Waals surface area contributed by atoms with Gasteiger partial charge in [0.2, 0.25) is 6.29 Å². The molecule has 1 aliphatic heterocycles. The highest BCUT2D eigenvalue weighted by atomic mass is 35.5. The van der Waals surface area contributed by atoms with Crippen LogP contribution in [0.15, 0.2) is 24.3 Å². The summed E-state index contributed by atoms with van der Waals surface area (Å²) in [7, 11) is 0. The van der Waals surface area contributed by atoms with Crippen LogP contribution in [0.3, 0.4) is 0 Å². The SMILES string of the molecule is CC(=O)OC[C@H]1O[C@@H](OC(C)=O)[C@@H](NC(=O)c2ccc(Cl)cc2)[C@@H](OC(C)=O)[C@@H]1OC(C)=O. The van der Waals surface area contributed by atoms with E-state index in [9.17, 15) is 24.0 Å². The van der Waals surface area contributed by atoms with Gasteiger partial charge in [0.15, 0.2) is 12.2 Å². The molecule has 0 aromatic heterocycles. The first-order chi connectivity index (χ1) is 15.5. The number of benzene rings is 1. The Labute approximate surface area is 194 Å². The van der Waals surface area contributed by atoms with Crippen molar-refractivity contribution in [2.75, 3.05) is 6.61 Å². The topological polar surface area (TPSA) is 144 Å². The van der Waals surface area contributed by atoms with Crippen molar-refractivity contribution >= 4 is 41.4 Å². The summed E-state index contributed by atoms with van der Waals surface area (Å²) >= 11 is 5.85. The van der Waals surface area contributed by atoms with Crippen molar-refractivity contribution in [2.24, 2.45) is 0 Å². The zero-order valence-corrected chi connectivity index (χ0v) is 19.1. The highest BCUT2D eigenvalue weighted by Gasteiger charge is 2.52. The van der Waals surface area contributed by atoms with Crippen LogP contribution >= 0.6 is 11.6 Å². The zero-order valence-electron chi connectivity index (χ0n) is 18.4. The van der Waals surface area contributed by atoms with Gasteiger partial charge in [-0.3, -0.25) is 24.0 Å². The molecule has 1 saturated heterocycles. The molecule has 5 atom stereocenters. The molecule has 11 nitrogen and oxygen atoms in total. The number of hydrogen-bond acceptors (Lipinski definition) is 10. The van der Waals surface area contributed by atoms with Crippen molar-refractivity contribution < 1.29 is 47.7 Å². The van der Waals surface area contributed by atoms with E-state index in [0.29, 0.717) is 5.02 Å². The maximum absolute atomic E-state index is 12.8. The molecule has 33 heavy (non-hydrogen) atoms. The number of hydrogen-bond donors (Lipinski definition) is 1. The van der Waals surface area contributed by atoms with E-state index in [1.165, 1.54) is 24.3 Å². The van der Waals surface area contributed by atoms with Gasteiger partial charge in [-0.25, -0.2) is 0 Å². The van der Waals surface area contributed by atoms with Gasteiger partial charge in [-0.15, -0.1) is 0 Å². The normalized spacial score (nSPS) is 24.2. The predicted octanol–water partition coefficient (Wildman–Crippen LogP) is 1.15. The van der Waals surface area contributed by atoms with Crippen molar-refractivity contribution in [2.45, 2.75) is 58.3 Å². The Morgan fingerprint density at radius 3 is 1.91 bits per heavy atom. The molecule has 1 aliphatic rings. The number of carbonyl (C=O) groups excluding carboxylic acids is 5. The summed E-state index contributed by atoms with van der Waals surface area (Å²) in [5, 5.41) is 3.00. The van der Waals surface area contributed by atoms with Crippen molar-refractivity contribution in [1.82, 2.24) is 5.32 Å². The summed E-state index contributed by atoms with van der Waals surface area (Å²) in [6, 6.07) is 4.63.